The zero-order valence-electron chi connectivity index (χ0n) is 20.4. The molecule has 5 heteroatoms. The van der Waals surface area contributed by atoms with Gasteiger partial charge in [-0.2, -0.15) is 0 Å². The van der Waals surface area contributed by atoms with E-state index >= 15 is 0 Å². The Balaban J connectivity index is 4.53. The summed E-state index contributed by atoms with van der Waals surface area (Å²) in [5.41, 5.74) is 0. The smallest absolute Gasteiger partial charge is 0.359 e. The Labute approximate surface area is 185 Å². The second kappa shape index (κ2) is 17.3. The van der Waals surface area contributed by atoms with Crippen molar-refractivity contribution in [3.05, 3.63) is 12.2 Å². The van der Waals surface area contributed by atoms with Crippen molar-refractivity contribution in [2.75, 3.05) is 33.7 Å². The number of rotatable bonds is 19. The molecule has 0 aliphatic rings. The van der Waals surface area contributed by atoms with E-state index in [1.807, 2.05) is 14.1 Å². The highest BCUT2D eigenvalue weighted by atomic mass is 16.4. The number of hydrogen-bond acceptors (Lipinski definition) is 2. The van der Waals surface area contributed by atoms with Crippen molar-refractivity contribution in [2.24, 2.45) is 11.8 Å². The Bertz CT molecular complexity index is 489. The maximum Gasteiger partial charge on any atom is 0.359 e. The summed E-state index contributed by atoms with van der Waals surface area (Å²) < 4.78 is 0.432. The molecule has 30 heavy (non-hydrogen) atoms. The largest absolute Gasteiger partial charge is 0.477 e. The van der Waals surface area contributed by atoms with E-state index in [9.17, 15) is 9.59 Å². The fourth-order valence-corrected chi connectivity index (χ4v) is 3.71. The van der Waals surface area contributed by atoms with Crippen LogP contribution in [0.3, 0.4) is 0 Å². The van der Waals surface area contributed by atoms with Gasteiger partial charge in [-0.3, -0.25) is 4.79 Å². The molecule has 2 unspecified atom stereocenters. The van der Waals surface area contributed by atoms with E-state index in [2.05, 4.69) is 38.2 Å². The summed E-state index contributed by atoms with van der Waals surface area (Å²) in [4.78, 5) is 23.7. The van der Waals surface area contributed by atoms with Crippen LogP contribution >= 0.6 is 0 Å². The van der Waals surface area contributed by atoms with Gasteiger partial charge in [0.15, 0.2) is 6.54 Å². The van der Waals surface area contributed by atoms with Gasteiger partial charge in [0.25, 0.3) is 0 Å². The summed E-state index contributed by atoms with van der Waals surface area (Å²) in [6.07, 6.45) is 17.1. The highest BCUT2D eigenvalue weighted by Crippen LogP contribution is 2.17. The second-order valence-electron chi connectivity index (χ2n) is 9.52. The highest BCUT2D eigenvalue weighted by Gasteiger charge is 2.20. The maximum atomic E-state index is 12.8. The molecule has 0 fully saturated rings. The number of nitrogens with one attached hydrogen (secondary N) is 1. The van der Waals surface area contributed by atoms with Gasteiger partial charge in [0.1, 0.15) is 0 Å². The second-order valence-corrected chi connectivity index (χ2v) is 9.52. The van der Waals surface area contributed by atoms with Crippen molar-refractivity contribution in [2.45, 2.75) is 91.4 Å². The predicted octanol–water partition coefficient (Wildman–Crippen LogP) is 5.40. The summed E-state index contributed by atoms with van der Waals surface area (Å²) in [7, 11) is 3.83. The molecule has 0 heterocycles. The Morgan fingerprint density at radius 1 is 0.900 bits per heavy atom. The zero-order chi connectivity index (χ0) is 22.8. The van der Waals surface area contributed by atoms with Gasteiger partial charge in [-0.1, -0.05) is 84.3 Å². The first kappa shape index (κ1) is 28.6. The van der Waals surface area contributed by atoms with Gasteiger partial charge in [-0.15, -0.1) is 0 Å². The summed E-state index contributed by atoms with van der Waals surface area (Å²) >= 11 is 0. The van der Waals surface area contributed by atoms with Crippen LogP contribution in [0.15, 0.2) is 12.2 Å². The SMILES string of the molecule is CCCCCCC(C)/C=C\C(CCCCCC)C(=O)NCCC[N+](C)(C)CC(=O)O. The van der Waals surface area contributed by atoms with Crippen LogP contribution in [0.1, 0.15) is 91.4 Å². The first-order valence-electron chi connectivity index (χ1n) is 12.2. The third kappa shape index (κ3) is 16.4. The monoisotopic (exact) mass is 425 g/mol. The van der Waals surface area contributed by atoms with Crippen LogP contribution in [-0.2, 0) is 9.59 Å². The number of carboxylic acid groups (broad SMARTS) is 1. The Hall–Kier alpha value is -1.36. The normalized spacial score (nSPS) is 14.0. The lowest BCUT2D eigenvalue weighted by atomic mass is 9.95. The Morgan fingerprint density at radius 2 is 1.50 bits per heavy atom. The number of amides is 1. The molecule has 0 aliphatic heterocycles. The molecule has 0 rings (SSSR count). The molecular formula is C25H49N2O3+. The number of likely N-dealkylation sites (N-methyl/N-ethyl adjacent to an activating group) is 1. The van der Waals surface area contributed by atoms with Gasteiger partial charge >= 0.3 is 5.97 Å². The van der Waals surface area contributed by atoms with Crippen molar-refractivity contribution in [1.82, 2.24) is 5.32 Å². The van der Waals surface area contributed by atoms with Gasteiger partial charge in [0, 0.05) is 13.0 Å². The first-order valence-corrected chi connectivity index (χ1v) is 12.2. The average Bonchev–Trinajstić information content (AvgIpc) is 2.67. The number of unbranched alkanes of at least 4 members (excludes halogenated alkanes) is 6. The van der Waals surface area contributed by atoms with Crippen LogP contribution < -0.4 is 5.32 Å². The van der Waals surface area contributed by atoms with Crippen molar-refractivity contribution < 1.29 is 19.2 Å². The third-order valence-corrected chi connectivity index (χ3v) is 5.69. The van der Waals surface area contributed by atoms with Crippen molar-refractivity contribution in [1.29, 1.82) is 0 Å². The van der Waals surface area contributed by atoms with E-state index in [4.69, 9.17) is 5.11 Å². The predicted molar refractivity (Wildman–Crippen MR) is 126 cm³/mol. The lowest BCUT2D eigenvalue weighted by Crippen LogP contribution is -2.45. The molecule has 0 aromatic carbocycles. The molecule has 0 saturated heterocycles. The number of quaternary nitrogens is 1. The van der Waals surface area contributed by atoms with E-state index < -0.39 is 5.97 Å². The van der Waals surface area contributed by atoms with Crippen LogP contribution in [0.25, 0.3) is 0 Å². The summed E-state index contributed by atoms with van der Waals surface area (Å²) in [5, 5.41) is 12.1. The quantitative estimate of drug-likeness (QED) is 0.165. The topological polar surface area (TPSA) is 66.4 Å². The number of hydrogen-bond donors (Lipinski definition) is 2. The number of allylic oxidation sites excluding steroid dienone is 1. The molecule has 2 atom stereocenters. The minimum Gasteiger partial charge on any atom is -0.477 e. The molecule has 0 aromatic heterocycles. The molecule has 0 aliphatic carbocycles. The number of carbonyl (C=O) groups is 2. The van der Waals surface area contributed by atoms with E-state index in [1.165, 1.54) is 51.4 Å². The van der Waals surface area contributed by atoms with Crippen LogP contribution in [0.5, 0.6) is 0 Å². The molecule has 1 amide bonds. The molecule has 5 nitrogen and oxygen atoms in total. The minimum atomic E-state index is -0.787. The van der Waals surface area contributed by atoms with Crippen LogP contribution in [-0.4, -0.2) is 55.2 Å². The fourth-order valence-electron chi connectivity index (χ4n) is 3.71. The molecule has 0 radical (unpaired) electrons. The molecule has 0 bridgehead atoms. The number of nitrogens with zero attached hydrogens (tertiary/aromatic N) is 1. The molecule has 0 saturated carbocycles. The van der Waals surface area contributed by atoms with E-state index in [-0.39, 0.29) is 18.4 Å². The van der Waals surface area contributed by atoms with Crippen molar-refractivity contribution in [3.8, 4) is 0 Å². The Morgan fingerprint density at radius 3 is 2.07 bits per heavy atom. The van der Waals surface area contributed by atoms with Gasteiger partial charge in [-0.05, 0) is 18.8 Å². The van der Waals surface area contributed by atoms with Crippen LogP contribution in [0.2, 0.25) is 0 Å². The average molecular weight is 426 g/mol. The van der Waals surface area contributed by atoms with E-state index in [0.717, 1.165) is 25.8 Å². The van der Waals surface area contributed by atoms with E-state index in [0.29, 0.717) is 16.9 Å². The number of carbonyl (C=O) groups excluding carboxylic acids is 1. The number of carboxylic acids is 1. The summed E-state index contributed by atoms with van der Waals surface area (Å²) in [5.74, 6) is -0.210. The lowest BCUT2D eigenvalue weighted by molar-refractivity contribution is -0.883. The molecule has 2 N–H and O–H groups in total. The van der Waals surface area contributed by atoms with Crippen molar-refractivity contribution in [3.63, 3.8) is 0 Å². The third-order valence-electron chi connectivity index (χ3n) is 5.69. The number of aliphatic carboxylic acids is 1. The highest BCUT2D eigenvalue weighted by molar-refractivity contribution is 5.80. The van der Waals surface area contributed by atoms with Gasteiger partial charge < -0.3 is 14.9 Å². The van der Waals surface area contributed by atoms with Gasteiger partial charge in [-0.25, -0.2) is 4.79 Å². The van der Waals surface area contributed by atoms with Gasteiger partial charge in [0.2, 0.25) is 5.91 Å². The van der Waals surface area contributed by atoms with Gasteiger partial charge in [0.05, 0.1) is 26.6 Å². The molecule has 0 aromatic rings. The minimum absolute atomic E-state index is 0.0542. The van der Waals surface area contributed by atoms with Crippen LogP contribution in [0.4, 0.5) is 0 Å². The zero-order valence-corrected chi connectivity index (χ0v) is 20.4. The standard InChI is InChI=1S/C25H48N2O3/c1-6-8-10-12-15-22(3)17-18-23(16-13-11-9-7-2)25(30)26-19-14-20-27(4,5)21-24(28)29/h17-18,22-23H,6-16,19-21H2,1-5H3,(H-,26,28,29,30)/p+1/b18-17-. The Kier molecular flexibility index (Phi) is 16.5. The van der Waals surface area contributed by atoms with E-state index in [1.54, 1.807) is 0 Å². The summed E-state index contributed by atoms with van der Waals surface area (Å²) in [6.45, 7) is 8.13. The maximum absolute atomic E-state index is 12.8. The first-order chi connectivity index (χ1) is 14.2. The van der Waals surface area contributed by atoms with Crippen molar-refractivity contribution >= 4 is 11.9 Å². The van der Waals surface area contributed by atoms with Crippen LogP contribution in [0, 0.1) is 11.8 Å². The lowest BCUT2D eigenvalue weighted by Gasteiger charge is -2.27. The summed E-state index contributed by atoms with van der Waals surface area (Å²) in [6, 6.07) is 0. The molecular weight excluding hydrogens is 376 g/mol. The fraction of sp³-hybridized carbons (Fsp3) is 0.840. The molecule has 0 spiro atoms. The molecule has 176 valence electrons.